The fraction of sp³-hybridized carbons (Fsp3) is 0.545. The number of nitrogens with zero attached hydrogens (tertiary/aromatic N) is 1. The minimum Gasteiger partial charge on any atom is -0.495 e. The number of alkyl halides is 1. The summed E-state index contributed by atoms with van der Waals surface area (Å²) in [7, 11) is 3.26. The zero-order chi connectivity index (χ0) is 11.8. The van der Waals surface area contributed by atoms with E-state index in [0.29, 0.717) is 6.61 Å². The van der Waals surface area contributed by atoms with E-state index in [1.54, 1.807) is 20.4 Å². The van der Waals surface area contributed by atoms with Gasteiger partial charge < -0.3 is 14.8 Å². The third kappa shape index (κ3) is 4.68. The number of hydrogen-bond donors (Lipinski definition) is 1. The van der Waals surface area contributed by atoms with Gasteiger partial charge in [0.15, 0.2) is 0 Å². The maximum atomic E-state index is 5.99. The number of nitrogens with one attached hydrogen (secondary N) is 1. The molecule has 0 radical (unpaired) electrons. The second-order valence-corrected chi connectivity index (χ2v) is 3.97. The van der Waals surface area contributed by atoms with Gasteiger partial charge in [-0.1, -0.05) is 0 Å². The molecule has 0 spiro atoms. The smallest absolute Gasteiger partial charge is 0.137 e. The van der Waals surface area contributed by atoms with Crippen LogP contribution < -0.4 is 10.1 Å². The van der Waals surface area contributed by atoms with Crippen LogP contribution in [0.15, 0.2) is 18.3 Å². The Balaban J connectivity index is 2.26. The minimum atomic E-state index is 0.0377. The summed E-state index contributed by atoms with van der Waals surface area (Å²) in [6.45, 7) is 1.34. The highest BCUT2D eigenvalue weighted by Gasteiger charge is 2.03. The molecular formula is C11H17ClN2O2. The van der Waals surface area contributed by atoms with Gasteiger partial charge in [-0.25, -0.2) is 4.98 Å². The van der Waals surface area contributed by atoms with Crippen molar-refractivity contribution in [3.63, 3.8) is 0 Å². The SMILES string of the molecule is COCC(Cl)CCNc1ccc(OC)cn1. The molecule has 1 atom stereocenters. The normalized spacial score (nSPS) is 12.2. The molecule has 1 rings (SSSR count). The van der Waals surface area contributed by atoms with Crippen molar-refractivity contribution < 1.29 is 9.47 Å². The fourth-order valence-corrected chi connectivity index (χ4v) is 1.46. The second-order valence-electron chi connectivity index (χ2n) is 3.35. The lowest BCUT2D eigenvalue weighted by Crippen LogP contribution is -2.13. The molecule has 5 heteroatoms. The summed E-state index contributed by atoms with van der Waals surface area (Å²) < 4.78 is 9.96. The van der Waals surface area contributed by atoms with Gasteiger partial charge >= 0.3 is 0 Å². The summed E-state index contributed by atoms with van der Waals surface area (Å²) in [6.07, 6.45) is 2.51. The van der Waals surface area contributed by atoms with Crippen LogP contribution in [0.3, 0.4) is 0 Å². The second kappa shape index (κ2) is 7.30. The highest BCUT2D eigenvalue weighted by atomic mass is 35.5. The summed E-state index contributed by atoms with van der Waals surface area (Å²) in [4.78, 5) is 4.18. The molecule has 1 N–H and O–H groups in total. The molecule has 1 unspecified atom stereocenters. The van der Waals surface area contributed by atoms with Gasteiger partial charge in [-0.2, -0.15) is 0 Å². The number of methoxy groups -OCH3 is 2. The zero-order valence-electron chi connectivity index (χ0n) is 9.57. The number of aromatic nitrogens is 1. The third-order valence-corrected chi connectivity index (χ3v) is 2.43. The van der Waals surface area contributed by atoms with Crippen molar-refractivity contribution in [2.24, 2.45) is 0 Å². The number of halogens is 1. The molecule has 1 aromatic rings. The maximum Gasteiger partial charge on any atom is 0.137 e. The number of hydrogen-bond acceptors (Lipinski definition) is 4. The van der Waals surface area contributed by atoms with E-state index in [4.69, 9.17) is 21.1 Å². The van der Waals surface area contributed by atoms with E-state index in [-0.39, 0.29) is 5.38 Å². The predicted octanol–water partition coefficient (Wildman–Crippen LogP) is 2.15. The molecule has 1 heterocycles. The van der Waals surface area contributed by atoms with Gasteiger partial charge in [0.2, 0.25) is 0 Å². The summed E-state index contributed by atoms with van der Waals surface area (Å²) >= 11 is 5.99. The highest BCUT2D eigenvalue weighted by molar-refractivity contribution is 6.20. The van der Waals surface area contributed by atoms with Crippen LogP contribution in [0.5, 0.6) is 5.75 Å². The summed E-state index contributed by atoms with van der Waals surface area (Å²) in [5.41, 5.74) is 0. The van der Waals surface area contributed by atoms with E-state index in [9.17, 15) is 0 Å². The maximum absolute atomic E-state index is 5.99. The van der Waals surface area contributed by atoms with Crippen LogP contribution in [0.25, 0.3) is 0 Å². The van der Waals surface area contributed by atoms with E-state index in [1.807, 2.05) is 12.1 Å². The lowest BCUT2D eigenvalue weighted by Gasteiger charge is -2.09. The Bertz CT molecular complexity index is 293. The topological polar surface area (TPSA) is 43.4 Å². The largest absolute Gasteiger partial charge is 0.495 e. The average molecular weight is 245 g/mol. The molecule has 0 aliphatic carbocycles. The molecule has 0 saturated carbocycles. The monoisotopic (exact) mass is 244 g/mol. The van der Waals surface area contributed by atoms with Crippen LogP contribution in [0, 0.1) is 0 Å². The molecule has 16 heavy (non-hydrogen) atoms. The summed E-state index contributed by atoms with van der Waals surface area (Å²) in [5, 5.41) is 3.22. The van der Waals surface area contributed by atoms with Crippen LogP contribution in [-0.4, -0.2) is 37.7 Å². The van der Waals surface area contributed by atoms with E-state index in [1.165, 1.54) is 0 Å². The fourth-order valence-electron chi connectivity index (χ4n) is 1.23. The number of ether oxygens (including phenoxy) is 2. The van der Waals surface area contributed by atoms with Gasteiger partial charge in [-0.15, -0.1) is 11.6 Å². The van der Waals surface area contributed by atoms with Crippen molar-refractivity contribution in [2.45, 2.75) is 11.8 Å². The Kier molecular flexibility index (Phi) is 5.96. The zero-order valence-corrected chi connectivity index (χ0v) is 10.3. The molecule has 0 saturated heterocycles. The Morgan fingerprint density at radius 1 is 1.44 bits per heavy atom. The van der Waals surface area contributed by atoms with E-state index in [2.05, 4.69) is 10.3 Å². The van der Waals surface area contributed by atoms with Crippen LogP contribution in [-0.2, 0) is 4.74 Å². The van der Waals surface area contributed by atoms with Crippen LogP contribution in [0.4, 0.5) is 5.82 Å². The van der Waals surface area contributed by atoms with Crippen molar-refractivity contribution in [3.8, 4) is 5.75 Å². The van der Waals surface area contributed by atoms with E-state index in [0.717, 1.165) is 24.5 Å². The van der Waals surface area contributed by atoms with Crippen molar-refractivity contribution in [2.75, 3.05) is 32.7 Å². The quantitative estimate of drug-likeness (QED) is 0.747. The molecular weight excluding hydrogens is 228 g/mol. The van der Waals surface area contributed by atoms with E-state index < -0.39 is 0 Å². The molecule has 0 aliphatic rings. The van der Waals surface area contributed by atoms with Gasteiger partial charge in [0.05, 0.1) is 25.3 Å². The summed E-state index contributed by atoms with van der Waals surface area (Å²) in [6, 6.07) is 3.74. The summed E-state index contributed by atoms with van der Waals surface area (Å²) in [5.74, 6) is 1.57. The lowest BCUT2D eigenvalue weighted by molar-refractivity contribution is 0.196. The van der Waals surface area contributed by atoms with E-state index >= 15 is 0 Å². The first-order chi connectivity index (χ1) is 7.76. The van der Waals surface area contributed by atoms with Crippen molar-refractivity contribution in [3.05, 3.63) is 18.3 Å². The van der Waals surface area contributed by atoms with Crippen molar-refractivity contribution in [1.29, 1.82) is 0 Å². The van der Waals surface area contributed by atoms with Crippen LogP contribution >= 0.6 is 11.6 Å². The van der Waals surface area contributed by atoms with Crippen molar-refractivity contribution >= 4 is 17.4 Å². The Labute approximate surface area is 101 Å². The standard InChI is InChI=1S/C11H17ClN2O2/c1-15-8-9(12)5-6-13-11-4-3-10(16-2)7-14-11/h3-4,7,9H,5-6,8H2,1-2H3,(H,13,14). The first kappa shape index (κ1) is 13.1. The predicted molar refractivity (Wildman–Crippen MR) is 65.4 cm³/mol. The van der Waals surface area contributed by atoms with Gasteiger partial charge in [-0.05, 0) is 18.6 Å². The molecule has 1 aromatic heterocycles. The highest BCUT2D eigenvalue weighted by Crippen LogP contribution is 2.11. The number of anilines is 1. The first-order valence-electron chi connectivity index (χ1n) is 5.13. The molecule has 0 aromatic carbocycles. The molecule has 0 fully saturated rings. The minimum absolute atomic E-state index is 0.0377. The first-order valence-corrected chi connectivity index (χ1v) is 5.57. The Hall–Kier alpha value is -1.00. The van der Waals surface area contributed by atoms with Gasteiger partial charge in [0.1, 0.15) is 11.6 Å². The number of pyridine rings is 1. The Morgan fingerprint density at radius 3 is 2.81 bits per heavy atom. The molecule has 90 valence electrons. The lowest BCUT2D eigenvalue weighted by atomic mass is 10.3. The van der Waals surface area contributed by atoms with Gasteiger partial charge in [-0.3, -0.25) is 0 Å². The average Bonchev–Trinajstić information content (AvgIpc) is 2.30. The molecule has 0 bridgehead atoms. The van der Waals surface area contributed by atoms with Gasteiger partial charge in [0, 0.05) is 13.7 Å². The number of rotatable bonds is 7. The van der Waals surface area contributed by atoms with Crippen molar-refractivity contribution in [1.82, 2.24) is 4.98 Å². The third-order valence-electron chi connectivity index (χ3n) is 2.08. The van der Waals surface area contributed by atoms with Gasteiger partial charge in [0.25, 0.3) is 0 Å². The molecule has 4 nitrogen and oxygen atoms in total. The van der Waals surface area contributed by atoms with Crippen LogP contribution in [0.2, 0.25) is 0 Å². The Morgan fingerprint density at radius 2 is 2.25 bits per heavy atom. The molecule has 0 amide bonds. The molecule has 0 aliphatic heterocycles. The van der Waals surface area contributed by atoms with Crippen LogP contribution in [0.1, 0.15) is 6.42 Å².